The highest BCUT2D eigenvalue weighted by Gasteiger charge is 2.59. The minimum Gasteiger partial charge on any atom is -0.368 e. The third kappa shape index (κ3) is 3.09. The number of aromatic nitrogens is 5. The van der Waals surface area contributed by atoms with Crippen molar-refractivity contribution in [1.82, 2.24) is 29.8 Å². The summed E-state index contributed by atoms with van der Waals surface area (Å²) in [7, 11) is 0. The normalized spacial score (nSPS) is 29.3. The van der Waals surface area contributed by atoms with Crippen LogP contribution < -0.4 is 15.5 Å². The molecule has 1 saturated heterocycles. The van der Waals surface area contributed by atoms with Crippen molar-refractivity contribution in [2.24, 2.45) is 11.3 Å². The van der Waals surface area contributed by atoms with E-state index in [0.29, 0.717) is 11.4 Å². The number of hydrogen-bond donors (Lipinski definition) is 2. The second-order valence-electron chi connectivity index (χ2n) is 11.7. The predicted molar refractivity (Wildman–Crippen MR) is 142 cm³/mol. The first-order valence-corrected chi connectivity index (χ1v) is 13.5. The lowest BCUT2D eigenvalue weighted by atomic mass is 9.44. The summed E-state index contributed by atoms with van der Waals surface area (Å²) in [5.74, 6) is 2.23. The lowest BCUT2D eigenvalue weighted by Gasteiger charge is -2.64. The van der Waals surface area contributed by atoms with Crippen LogP contribution >= 0.6 is 0 Å². The van der Waals surface area contributed by atoms with Gasteiger partial charge in [-0.1, -0.05) is 6.42 Å². The van der Waals surface area contributed by atoms with Gasteiger partial charge in [0, 0.05) is 54.9 Å². The molecule has 1 aliphatic heterocycles. The Hall–Kier alpha value is -3.26. The van der Waals surface area contributed by atoms with Crippen LogP contribution in [0, 0.1) is 11.3 Å². The number of nitrogens with one attached hydrogen (secondary N) is 2. The molecule has 184 valence electrons. The highest BCUT2D eigenvalue weighted by molar-refractivity contribution is 6.06. The van der Waals surface area contributed by atoms with Crippen LogP contribution in [0.3, 0.4) is 0 Å². The molecule has 1 spiro atoms. The lowest BCUT2D eigenvalue weighted by molar-refractivity contribution is -0.112. The van der Waals surface area contributed by atoms with E-state index in [4.69, 9.17) is 9.97 Å². The maximum absolute atomic E-state index is 5.13. The number of piperazine rings is 1. The number of nitrogens with zero attached hydrogens (tertiary/aromatic N) is 6. The first-order valence-electron chi connectivity index (χ1n) is 13.5. The van der Waals surface area contributed by atoms with Crippen molar-refractivity contribution in [2.75, 3.05) is 36.4 Å². The minimum absolute atomic E-state index is 0.150. The lowest BCUT2D eigenvalue weighted by Crippen LogP contribution is -2.56. The van der Waals surface area contributed by atoms with Gasteiger partial charge in [-0.25, -0.2) is 9.97 Å². The maximum Gasteiger partial charge on any atom is 0.230 e. The van der Waals surface area contributed by atoms with Gasteiger partial charge in [0.25, 0.3) is 0 Å². The van der Waals surface area contributed by atoms with Crippen LogP contribution in [0.5, 0.6) is 0 Å². The van der Waals surface area contributed by atoms with Gasteiger partial charge < -0.3 is 20.1 Å². The van der Waals surface area contributed by atoms with Crippen LogP contribution in [0.4, 0.5) is 17.5 Å². The van der Waals surface area contributed by atoms with Crippen molar-refractivity contribution in [2.45, 2.75) is 50.5 Å². The van der Waals surface area contributed by atoms with Gasteiger partial charge in [0.05, 0.1) is 23.6 Å². The predicted octanol–water partition coefficient (Wildman–Crippen LogP) is 4.60. The fourth-order valence-electron chi connectivity index (χ4n) is 8.18. The summed E-state index contributed by atoms with van der Waals surface area (Å²) in [6.07, 6.45) is 17.2. The smallest absolute Gasteiger partial charge is 0.230 e. The molecule has 0 amide bonds. The van der Waals surface area contributed by atoms with Gasteiger partial charge in [-0.05, 0) is 68.1 Å². The van der Waals surface area contributed by atoms with Gasteiger partial charge in [-0.15, -0.1) is 0 Å². The third-order valence-electron chi connectivity index (χ3n) is 9.42. The molecule has 4 saturated carbocycles. The molecule has 3 bridgehead atoms. The maximum atomic E-state index is 5.13. The summed E-state index contributed by atoms with van der Waals surface area (Å²) < 4.78 is 2.57. The first kappa shape index (κ1) is 20.9. The van der Waals surface area contributed by atoms with Crippen LogP contribution in [-0.4, -0.2) is 50.7 Å². The van der Waals surface area contributed by atoms with Crippen molar-refractivity contribution in [1.29, 1.82) is 0 Å². The van der Waals surface area contributed by atoms with Crippen molar-refractivity contribution >= 4 is 39.4 Å². The molecule has 5 aliphatic rings. The monoisotopic (exact) mass is 480 g/mol. The van der Waals surface area contributed by atoms with Gasteiger partial charge in [0.15, 0.2) is 0 Å². The van der Waals surface area contributed by atoms with Gasteiger partial charge in [-0.3, -0.25) is 4.98 Å². The molecule has 5 fully saturated rings. The Labute approximate surface area is 210 Å². The molecule has 8 nitrogen and oxygen atoms in total. The number of anilines is 3. The minimum atomic E-state index is 0.150. The van der Waals surface area contributed by atoms with Crippen LogP contribution in [0.2, 0.25) is 0 Å². The van der Waals surface area contributed by atoms with Crippen molar-refractivity contribution in [3.63, 3.8) is 0 Å². The third-order valence-corrected chi connectivity index (χ3v) is 9.42. The fourth-order valence-corrected chi connectivity index (χ4v) is 8.18. The van der Waals surface area contributed by atoms with E-state index in [9.17, 15) is 0 Å². The average Bonchev–Trinajstić information content (AvgIpc) is 3.23. The second kappa shape index (κ2) is 7.62. The zero-order valence-electron chi connectivity index (χ0n) is 20.6. The van der Waals surface area contributed by atoms with E-state index in [-0.39, 0.29) is 5.54 Å². The highest BCUT2D eigenvalue weighted by Crippen LogP contribution is 2.67. The zero-order chi connectivity index (χ0) is 23.7. The van der Waals surface area contributed by atoms with Crippen LogP contribution in [0.1, 0.15) is 44.9 Å². The summed E-state index contributed by atoms with van der Waals surface area (Å²) >= 11 is 0. The number of pyridine rings is 2. The molecule has 36 heavy (non-hydrogen) atoms. The van der Waals surface area contributed by atoms with E-state index in [2.05, 4.69) is 42.2 Å². The summed E-state index contributed by atoms with van der Waals surface area (Å²) in [6.45, 7) is 4.05. The van der Waals surface area contributed by atoms with Crippen molar-refractivity contribution < 1.29 is 0 Å². The highest BCUT2D eigenvalue weighted by atomic mass is 15.2. The number of fused-ring (bicyclic) bond motifs is 3. The topological polar surface area (TPSA) is 83.8 Å². The molecular formula is C28H32N8. The van der Waals surface area contributed by atoms with Crippen molar-refractivity contribution in [3.8, 4) is 0 Å². The largest absolute Gasteiger partial charge is 0.368 e. The Morgan fingerprint density at radius 3 is 2.72 bits per heavy atom. The SMILES string of the molecule is c1cc2c3cnc(Nc4ccc(N5CCNCC5)cn4)nc3n(C34CCCC5(CC(C5)C3)C4)c2cn1. The number of rotatable bonds is 4. The van der Waals surface area contributed by atoms with Crippen LogP contribution in [0.25, 0.3) is 21.9 Å². The van der Waals surface area contributed by atoms with Gasteiger partial charge in [-0.2, -0.15) is 4.98 Å². The second-order valence-corrected chi connectivity index (χ2v) is 11.7. The first-order chi connectivity index (χ1) is 17.7. The van der Waals surface area contributed by atoms with E-state index >= 15 is 0 Å². The Morgan fingerprint density at radius 1 is 0.944 bits per heavy atom. The molecule has 4 aliphatic carbocycles. The quantitative estimate of drug-likeness (QED) is 0.442. The molecule has 4 aromatic rings. The summed E-state index contributed by atoms with van der Waals surface area (Å²) in [5.41, 5.74) is 4.11. The Kier molecular flexibility index (Phi) is 4.42. The molecule has 5 heterocycles. The Bertz CT molecular complexity index is 1440. The molecule has 1 atom stereocenters. The summed E-state index contributed by atoms with van der Waals surface area (Å²) in [6, 6.07) is 6.29. The van der Waals surface area contributed by atoms with E-state index in [1.807, 2.05) is 30.9 Å². The standard InChI is InChI=1S/C28H32N8/c1-5-27-12-19(13-27)14-28(6-1,18-27)36-23-17-30-7-4-21(23)22-16-32-26(34-25(22)36)33-24-3-2-20(15-31-24)35-10-8-29-9-11-35/h2-4,7,15-17,19,29H,1,5-6,8-14,18H2,(H,31,32,33,34). The molecule has 9 rings (SSSR count). The Balaban J connectivity index is 1.18. The van der Waals surface area contributed by atoms with Crippen molar-refractivity contribution in [3.05, 3.63) is 43.0 Å². The average molecular weight is 481 g/mol. The van der Waals surface area contributed by atoms with E-state index in [1.54, 1.807) is 0 Å². The Morgan fingerprint density at radius 2 is 1.86 bits per heavy atom. The fraction of sp³-hybridized carbons (Fsp3) is 0.500. The molecule has 1 unspecified atom stereocenters. The summed E-state index contributed by atoms with van der Waals surface area (Å²) in [5, 5.41) is 9.10. The number of hydrogen-bond acceptors (Lipinski definition) is 7. The van der Waals surface area contributed by atoms with Gasteiger partial charge in [0.2, 0.25) is 5.95 Å². The molecule has 8 heteroatoms. The molecular weight excluding hydrogens is 448 g/mol. The summed E-state index contributed by atoms with van der Waals surface area (Å²) in [4.78, 5) is 21.4. The van der Waals surface area contributed by atoms with E-state index in [0.717, 1.165) is 54.6 Å². The molecule has 4 aromatic heterocycles. The van der Waals surface area contributed by atoms with Crippen LogP contribution in [0.15, 0.2) is 43.0 Å². The molecule has 2 N–H and O–H groups in total. The van der Waals surface area contributed by atoms with Crippen LogP contribution in [-0.2, 0) is 5.54 Å². The van der Waals surface area contributed by atoms with Gasteiger partial charge >= 0.3 is 0 Å². The van der Waals surface area contributed by atoms with E-state index < -0.39 is 0 Å². The molecule has 0 radical (unpaired) electrons. The van der Waals surface area contributed by atoms with Gasteiger partial charge in [0.1, 0.15) is 11.5 Å². The van der Waals surface area contributed by atoms with E-state index in [1.165, 1.54) is 55.8 Å². The zero-order valence-corrected chi connectivity index (χ0v) is 20.6. The molecule has 0 aromatic carbocycles.